The fourth-order valence-electron chi connectivity index (χ4n) is 5.54. The van der Waals surface area contributed by atoms with Gasteiger partial charge in [-0.25, -0.2) is 5.43 Å². The summed E-state index contributed by atoms with van der Waals surface area (Å²) >= 11 is 0. The van der Waals surface area contributed by atoms with Crippen LogP contribution in [0.15, 0.2) is 29.4 Å². The fourth-order valence-corrected chi connectivity index (χ4v) is 5.54. The van der Waals surface area contributed by atoms with Crippen LogP contribution in [0.3, 0.4) is 0 Å². The molecule has 4 aliphatic carbocycles. The molecule has 0 saturated heterocycles. The lowest BCUT2D eigenvalue weighted by molar-refractivity contribution is -0.146. The van der Waals surface area contributed by atoms with Gasteiger partial charge in [0.05, 0.1) is 18.2 Å². The molecule has 0 aliphatic heterocycles. The topological polar surface area (TPSA) is 50.7 Å². The highest BCUT2D eigenvalue weighted by molar-refractivity contribution is 5.99. The van der Waals surface area contributed by atoms with Crippen LogP contribution in [0.5, 0.6) is 5.75 Å². The molecule has 1 aromatic carbocycles. The molecule has 24 heavy (non-hydrogen) atoms. The molecule has 1 N–H and O–H groups in total. The molecule has 0 radical (unpaired) electrons. The Morgan fingerprint density at radius 1 is 1.08 bits per heavy atom. The Labute approximate surface area is 143 Å². The van der Waals surface area contributed by atoms with E-state index in [2.05, 4.69) is 10.5 Å². The minimum Gasteiger partial charge on any atom is -0.497 e. The first-order valence-corrected chi connectivity index (χ1v) is 9.07. The van der Waals surface area contributed by atoms with Crippen molar-refractivity contribution in [1.29, 1.82) is 0 Å². The summed E-state index contributed by atoms with van der Waals surface area (Å²) in [6.45, 7) is 1.93. The van der Waals surface area contributed by atoms with Crippen LogP contribution in [0.1, 0.15) is 51.0 Å². The number of rotatable bonds is 4. The van der Waals surface area contributed by atoms with Crippen LogP contribution in [0.4, 0.5) is 0 Å². The second-order valence-corrected chi connectivity index (χ2v) is 8.06. The number of methoxy groups -OCH3 is 1. The van der Waals surface area contributed by atoms with Gasteiger partial charge >= 0.3 is 0 Å². The molecule has 128 valence electrons. The lowest BCUT2D eigenvalue weighted by Crippen LogP contribution is -2.52. The predicted molar refractivity (Wildman–Crippen MR) is 94.0 cm³/mol. The first kappa shape index (κ1) is 15.7. The number of ether oxygens (including phenoxy) is 1. The summed E-state index contributed by atoms with van der Waals surface area (Å²) in [6.07, 6.45) is 7.26. The van der Waals surface area contributed by atoms with E-state index >= 15 is 0 Å². The van der Waals surface area contributed by atoms with E-state index in [0.717, 1.165) is 54.0 Å². The van der Waals surface area contributed by atoms with Crippen molar-refractivity contribution >= 4 is 11.6 Å². The Hall–Kier alpha value is -1.84. The van der Waals surface area contributed by atoms with Crippen LogP contribution in [0.2, 0.25) is 0 Å². The van der Waals surface area contributed by atoms with Crippen LogP contribution < -0.4 is 10.2 Å². The highest BCUT2D eigenvalue weighted by atomic mass is 16.5. The lowest BCUT2D eigenvalue weighted by Gasteiger charge is -2.55. The van der Waals surface area contributed by atoms with Gasteiger partial charge in [-0.05, 0) is 93.0 Å². The molecule has 1 amide bonds. The number of hydrazone groups is 1. The van der Waals surface area contributed by atoms with Crippen LogP contribution >= 0.6 is 0 Å². The van der Waals surface area contributed by atoms with Crippen molar-refractivity contribution < 1.29 is 9.53 Å². The van der Waals surface area contributed by atoms with E-state index in [0.29, 0.717) is 0 Å². The summed E-state index contributed by atoms with van der Waals surface area (Å²) in [7, 11) is 1.65. The molecule has 4 nitrogen and oxygen atoms in total. The van der Waals surface area contributed by atoms with Gasteiger partial charge in [-0.3, -0.25) is 4.79 Å². The normalized spacial score (nSPS) is 34.2. The third-order valence-corrected chi connectivity index (χ3v) is 6.35. The number of carbonyl (C=O) groups is 1. The van der Waals surface area contributed by atoms with Crippen LogP contribution in [-0.2, 0) is 4.79 Å². The maximum absolute atomic E-state index is 12.9. The predicted octanol–water partition coefficient (Wildman–Crippen LogP) is 3.75. The van der Waals surface area contributed by atoms with E-state index in [1.165, 1.54) is 19.3 Å². The van der Waals surface area contributed by atoms with E-state index in [1.54, 1.807) is 7.11 Å². The number of hydrogen-bond acceptors (Lipinski definition) is 3. The lowest BCUT2D eigenvalue weighted by atomic mass is 9.49. The Balaban J connectivity index is 1.45. The van der Waals surface area contributed by atoms with E-state index in [1.807, 2.05) is 31.2 Å². The van der Waals surface area contributed by atoms with Crippen molar-refractivity contribution in [2.75, 3.05) is 7.11 Å². The number of carbonyl (C=O) groups excluding carboxylic acids is 1. The standard InChI is InChI=1S/C20H26N2O2/c1-13(17-3-5-18(24-2)6-4-17)21-22-19(23)20-10-14-7-15(11-20)9-16(8-14)12-20/h3-6,14-16H,7-12H2,1-2H3,(H,22,23)/b21-13+. The second kappa shape index (κ2) is 5.91. The molecule has 1 aromatic rings. The SMILES string of the molecule is COc1ccc(/C(C)=N/NC(=O)C23CC4CC(CC(C4)C2)C3)cc1. The van der Waals surface area contributed by atoms with Gasteiger partial charge in [0.2, 0.25) is 5.91 Å². The van der Waals surface area contributed by atoms with Gasteiger partial charge in [0.15, 0.2) is 0 Å². The van der Waals surface area contributed by atoms with E-state index < -0.39 is 0 Å². The number of nitrogens with zero attached hydrogens (tertiary/aromatic N) is 1. The quantitative estimate of drug-likeness (QED) is 0.677. The summed E-state index contributed by atoms with van der Waals surface area (Å²) in [6, 6.07) is 7.76. The first-order valence-electron chi connectivity index (χ1n) is 9.07. The molecular formula is C20H26N2O2. The average molecular weight is 326 g/mol. The highest BCUT2D eigenvalue weighted by Crippen LogP contribution is 2.60. The largest absolute Gasteiger partial charge is 0.497 e. The number of hydrogen-bond donors (Lipinski definition) is 1. The Morgan fingerprint density at radius 2 is 1.62 bits per heavy atom. The van der Waals surface area contributed by atoms with E-state index in [4.69, 9.17) is 4.74 Å². The summed E-state index contributed by atoms with van der Waals surface area (Å²) in [4.78, 5) is 12.9. The molecule has 4 aliphatic rings. The van der Waals surface area contributed by atoms with Crippen molar-refractivity contribution in [2.45, 2.75) is 45.4 Å². The molecule has 0 aromatic heterocycles. The minimum absolute atomic E-state index is 0.140. The number of amides is 1. The van der Waals surface area contributed by atoms with Crippen molar-refractivity contribution in [2.24, 2.45) is 28.3 Å². The van der Waals surface area contributed by atoms with Gasteiger partial charge in [0, 0.05) is 0 Å². The average Bonchev–Trinajstić information content (AvgIpc) is 2.58. The first-order chi connectivity index (χ1) is 11.6. The Bertz CT molecular complexity index is 627. The third kappa shape index (κ3) is 2.72. The minimum atomic E-state index is -0.140. The van der Waals surface area contributed by atoms with Crippen LogP contribution in [0.25, 0.3) is 0 Å². The molecule has 0 unspecified atom stereocenters. The zero-order chi connectivity index (χ0) is 16.7. The van der Waals surface area contributed by atoms with Crippen molar-refractivity contribution in [1.82, 2.24) is 5.43 Å². The fraction of sp³-hybridized carbons (Fsp3) is 0.600. The molecule has 0 atom stereocenters. The molecule has 0 spiro atoms. The van der Waals surface area contributed by atoms with Crippen molar-refractivity contribution in [3.8, 4) is 5.75 Å². The molecule has 4 bridgehead atoms. The maximum atomic E-state index is 12.9. The zero-order valence-electron chi connectivity index (χ0n) is 14.5. The molecule has 4 fully saturated rings. The Kier molecular flexibility index (Phi) is 3.86. The van der Waals surface area contributed by atoms with Gasteiger partial charge in [0.25, 0.3) is 0 Å². The number of nitrogens with one attached hydrogen (secondary N) is 1. The summed E-state index contributed by atoms with van der Waals surface area (Å²) in [5.74, 6) is 3.29. The molecule has 4 saturated carbocycles. The Morgan fingerprint density at radius 3 is 2.12 bits per heavy atom. The van der Waals surface area contributed by atoms with Gasteiger partial charge in [-0.1, -0.05) is 0 Å². The molecule has 5 rings (SSSR count). The smallest absolute Gasteiger partial charge is 0.246 e. The molecular weight excluding hydrogens is 300 g/mol. The number of benzene rings is 1. The van der Waals surface area contributed by atoms with Crippen LogP contribution in [-0.4, -0.2) is 18.7 Å². The summed E-state index contributed by atoms with van der Waals surface area (Å²) < 4.78 is 5.18. The summed E-state index contributed by atoms with van der Waals surface area (Å²) in [5.41, 5.74) is 4.57. The second-order valence-electron chi connectivity index (χ2n) is 8.06. The van der Waals surface area contributed by atoms with E-state index in [9.17, 15) is 4.79 Å². The van der Waals surface area contributed by atoms with Gasteiger partial charge in [-0.2, -0.15) is 5.10 Å². The third-order valence-electron chi connectivity index (χ3n) is 6.35. The van der Waals surface area contributed by atoms with Crippen molar-refractivity contribution in [3.05, 3.63) is 29.8 Å². The maximum Gasteiger partial charge on any atom is 0.246 e. The van der Waals surface area contributed by atoms with Gasteiger partial charge < -0.3 is 4.74 Å². The monoisotopic (exact) mass is 326 g/mol. The molecule has 0 heterocycles. The van der Waals surface area contributed by atoms with Crippen molar-refractivity contribution in [3.63, 3.8) is 0 Å². The highest BCUT2D eigenvalue weighted by Gasteiger charge is 2.54. The molecule has 4 heteroatoms. The zero-order valence-corrected chi connectivity index (χ0v) is 14.5. The summed E-state index contributed by atoms with van der Waals surface area (Å²) in [5, 5.41) is 4.38. The van der Waals surface area contributed by atoms with Crippen LogP contribution in [0, 0.1) is 23.2 Å². The van der Waals surface area contributed by atoms with Gasteiger partial charge in [-0.15, -0.1) is 0 Å². The van der Waals surface area contributed by atoms with E-state index in [-0.39, 0.29) is 11.3 Å². The van der Waals surface area contributed by atoms with Gasteiger partial charge in [0.1, 0.15) is 5.75 Å².